The van der Waals surface area contributed by atoms with E-state index in [1.807, 2.05) is 18.2 Å². The van der Waals surface area contributed by atoms with Crippen LogP contribution < -0.4 is 0 Å². The van der Waals surface area contributed by atoms with Crippen molar-refractivity contribution in [2.45, 2.75) is 0 Å². The number of halogens is 1. The van der Waals surface area contributed by atoms with Crippen LogP contribution >= 0.6 is 15.9 Å². The molecule has 0 spiro atoms. The van der Waals surface area contributed by atoms with E-state index >= 15 is 0 Å². The Kier molecular flexibility index (Phi) is 4.32. The number of pyridine rings is 1. The van der Waals surface area contributed by atoms with E-state index in [4.69, 9.17) is 4.74 Å². The Bertz CT molecular complexity index is 657. The van der Waals surface area contributed by atoms with Gasteiger partial charge in [0.25, 0.3) is 0 Å². The van der Waals surface area contributed by atoms with Gasteiger partial charge in [-0.15, -0.1) is 0 Å². The first-order valence-corrected chi connectivity index (χ1v) is 6.30. The largest absolute Gasteiger partial charge is 0.465 e. The summed E-state index contributed by atoms with van der Waals surface area (Å²) < 4.78 is 5.35. The molecule has 94 valence electrons. The van der Waals surface area contributed by atoms with Crippen molar-refractivity contribution in [2.24, 2.45) is 0 Å². The van der Waals surface area contributed by atoms with E-state index in [-0.39, 0.29) is 5.97 Å². The lowest BCUT2D eigenvalue weighted by atomic mass is 10.1. The zero-order chi connectivity index (χ0) is 13.7. The number of carbonyl (C=O) groups is 1. The normalized spacial score (nSPS) is 9.37. The molecule has 0 N–H and O–H groups in total. The van der Waals surface area contributed by atoms with E-state index < -0.39 is 0 Å². The zero-order valence-electron chi connectivity index (χ0n) is 10.2. The minimum Gasteiger partial charge on any atom is -0.465 e. The summed E-state index contributed by atoms with van der Waals surface area (Å²) in [6.07, 6.45) is 3.37. The number of ether oxygens (including phenoxy) is 1. The molecule has 0 bridgehead atoms. The quantitative estimate of drug-likeness (QED) is 0.600. The molecule has 2 aromatic rings. The molecule has 1 aromatic carbocycles. The minimum atomic E-state index is -0.389. The molecule has 0 aliphatic carbocycles. The number of rotatable bonds is 1. The van der Waals surface area contributed by atoms with Gasteiger partial charge >= 0.3 is 5.97 Å². The maximum absolute atomic E-state index is 11.6. The van der Waals surface area contributed by atoms with Crippen LogP contribution in [0.25, 0.3) is 0 Å². The lowest BCUT2D eigenvalue weighted by molar-refractivity contribution is 0.0599. The van der Waals surface area contributed by atoms with Crippen molar-refractivity contribution in [1.29, 1.82) is 0 Å². The van der Waals surface area contributed by atoms with E-state index in [1.54, 1.807) is 24.5 Å². The van der Waals surface area contributed by atoms with Crippen LogP contribution in [-0.4, -0.2) is 18.1 Å². The predicted molar refractivity (Wildman–Crippen MR) is 75.7 cm³/mol. The Balaban J connectivity index is 2.37. The number of benzene rings is 1. The van der Waals surface area contributed by atoms with Crippen LogP contribution in [0.15, 0.2) is 47.2 Å². The fourth-order valence-electron chi connectivity index (χ4n) is 1.47. The summed E-state index contributed by atoms with van der Waals surface area (Å²) in [5, 5.41) is 0. The SMILES string of the molecule is COC(=O)c1cccc(C#Cc2ccncc2)c1Br. The van der Waals surface area contributed by atoms with Crippen molar-refractivity contribution in [3.63, 3.8) is 0 Å². The Morgan fingerprint density at radius 3 is 2.63 bits per heavy atom. The second-order valence-electron chi connectivity index (χ2n) is 3.64. The summed E-state index contributed by atoms with van der Waals surface area (Å²) in [4.78, 5) is 15.5. The number of hydrogen-bond donors (Lipinski definition) is 0. The zero-order valence-corrected chi connectivity index (χ0v) is 11.8. The Labute approximate surface area is 119 Å². The molecule has 0 atom stereocenters. The number of hydrogen-bond acceptors (Lipinski definition) is 3. The maximum atomic E-state index is 11.6. The highest BCUT2D eigenvalue weighted by Gasteiger charge is 2.11. The van der Waals surface area contributed by atoms with Gasteiger partial charge in [0, 0.05) is 28.0 Å². The number of esters is 1. The van der Waals surface area contributed by atoms with Gasteiger partial charge < -0.3 is 4.74 Å². The van der Waals surface area contributed by atoms with Crippen molar-refractivity contribution in [2.75, 3.05) is 7.11 Å². The molecule has 2 rings (SSSR count). The van der Waals surface area contributed by atoms with Gasteiger partial charge in [-0.3, -0.25) is 4.98 Å². The van der Waals surface area contributed by atoms with Crippen LogP contribution in [0.5, 0.6) is 0 Å². The summed E-state index contributed by atoms with van der Waals surface area (Å²) in [5.74, 6) is 5.64. The molecule has 0 amide bonds. The van der Waals surface area contributed by atoms with Crippen LogP contribution in [0.4, 0.5) is 0 Å². The van der Waals surface area contributed by atoms with E-state index in [2.05, 4.69) is 32.8 Å². The third-order valence-corrected chi connectivity index (χ3v) is 3.28. The smallest absolute Gasteiger partial charge is 0.339 e. The van der Waals surface area contributed by atoms with Crippen LogP contribution in [-0.2, 0) is 4.74 Å². The molecule has 0 fully saturated rings. The first-order chi connectivity index (χ1) is 9.22. The molecule has 0 aliphatic rings. The Morgan fingerprint density at radius 1 is 1.21 bits per heavy atom. The molecule has 4 heteroatoms. The maximum Gasteiger partial charge on any atom is 0.339 e. The van der Waals surface area contributed by atoms with Gasteiger partial charge in [0.15, 0.2) is 0 Å². The molecule has 3 nitrogen and oxygen atoms in total. The van der Waals surface area contributed by atoms with Crippen molar-refractivity contribution in [3.8, 4) is 11.8 Å². The number of aromatic nitrogens is 1. The second-order valence-corrected chi connectivity index (χ2v) is 4.44. The van der Waals surface area contributed by atoms with Crippen LogP contribution in [0.3, 0.4) is 0 Å². The topological polar surface area (TPSA) is 39.2 Å². The van der Waals surface area contributed by atoms with Gasteiger partial charge in [-0.2, -0.15) is 0 Å². The van der Waals surface area contributed by atoms with Crippen molar-refractivity contribution in [1.82, 2.24) is 4.98 Å². The summed E-state index contributed by atoms with van der Waals surface area (Å²) in [6, 6.07) is 8.95. The lowest BCUT2D eigenvalue weighted by Gasteiger charge is -2.03. The monoisotopic (exact) mass is 315 g/mol. The number of nitrogens with zero attached hydrogens (tertiary/aromatic N) is 1. The minimum absolute atomic E-state index is 0.389. The first kappa shape index (κ1) is 13.3. The molecule has 0 unspecified atom stereocenters. The summed E-state index contributed by atoms with van der Waals surface area (Å²) in [7, 11) is 1.35. The molecule has 0 aliphatic heterocycles. The molecular weight excluding hydrogens is 306 g/mol. The highest BCUT2D eigenvalue weighted by molar-refractivity contribution is 9.10. The third-order valence-electron chi connectivity index (χ3n) is 2.43. The Hall–Kier alpha value is -2.12. The second kappa shape index (κ2) is 6.17. The van der Waals surface area contributed by atoms with Gasteiger partial charge in [0.2, 0.25) is 0 Å². The molecular formula is C15H10BrNO2. The Morgan fingerprint density at radius 2 is 1.95 bits per heavy atom. The molecule has 0 radical (unpaired) electrons. The molecule has 1 heterocycles. The van der Waals surface area contributed by atoms with Crippen molar-refractivity contribution in [3.05, 3.63) is 63.9 Å². The van der Waals surface area contributed by atoms with E-state index in [1.165, 1.54) is 7.11 Å². The predicted octanol–water partition coefficient (Wildman–Crippen LogP) is 3.03. The highest BCUT2D eigenvalue weighted by atomic mass is 79.9. The first-order valence-electron chi connectivity index (χ1n) is 5.51. The van der Waals surface area contributed by atoms with E-state index in [0.29, 0.717) is 10.0 Å². The molecule has 0 saturated carbocycles. The summed E-state index contributed by atoms with van der Waals surface area (Å²) >= 11 is 3.38. The third kappa shape index (κ3) is 3.21. The molecule has 19 heavy (non-hydrogen) atoms. The summed E-state index contributed by atoms with van der Waals surface area (Å²) in [6.45, 7) is 0. The van der Waals surface area contributed by atoms with Gasteiger partial charge in [0.1, 0.15) is 0 Å². The average molecular weight is 316 g/mol. The van der Waals surface area contributed by atoms with Crippen LogP contribution in [0.1, 0.15) is 21.5 Å². The number of methoxy groups -OCH3 is 1. The van der Waals surface area contributed by atoms with Gasteiger partial charge in [-0.1, -0.05) is 17.9 Å². The van der Waals surface area contributed by atoms with Gasteiger partial charge in [-0.25, -0.2) is 4.79 Å². The van der Waals surface area contributed by atoms with Gasteiger partial charge in [-0.05, 0) is 40.2 Å². The van der Waals surface area contributed by atoms with Gasteiger partial charge in [0.05, 0.1) is 12.7 Å². The van der Waals surface area contributed by atoms with Crippen molar-refractivity contribution >= 4 is 21.9 Å². The average Bonchev–Trinajstić information content (AvgIpc) is 2.46. The van der Waals surface area contributed by atoms with Crippen LogP contribution in [0.2, 0.25) is 0 Å². The molecule has 1 aromatic heterocycles. The van der Waals surface area contributed by atoms with Crippen LogP contribution in [0, 0.1) is 11.8 Å². The number of carbonyl (C=O) groups excluding carboxylic acids is 1. The van der Waals surface area contributed by atoms with Crippen molar-refractivity contribution < 1.29 is 9.53 Å². The standard InChI is InChI=1S/C15H10BrNO2/c1-19-15(18)13-4-2-3-12(14(13)16)6-5-11-7-9-17-10-8-11/h2-4,7-10H,1H3. The fraction of sp³-hybridized carbons (Fsp3) is 0.0667. The highest BCUT2D eigenvalue weighted by Crippen LogP contribution is 2.21. The van der Waals surface area contributed by atoms with E-state index in [9.17, 15) is 4.79 Å². The lowest BCUT2D eigenvalue weighted by Crippen LogP contribution is -2.02. The molecule has 0 saturated heterocycles. The van der Waals surface area contributed by atoms with E-state index in [0.717, 1.165) is 11.1 Å². The fourth-order valence-corrected chi connectivity index (χ4v) is 2.00. The summed E-state index contributed by atoms with van der Waals surface area (Å²) in [5.41, 5.74) is 2.06.